The molecule has 0 amide bonds. The fourth-order valence-electron chi connectivity index (χ4n) is 3.05. The Morgan fingerprint density at radius 1 is 1.00 bits per heavy atom. The van der Waals surface area contributed by atoms with E-state index in [0.29, 0.717) is 18.2 Å². The van der Waals surface area contributed by atoms with Crippen LogP contribution in [0.4, 0.5) is 0 Å². The molecule has 1 atom stereocenters. The van der Waals surface area contributed by atoms with Crippen molar-refractivity contribution in [2.24, 2.45) is 0 Å². The molecule has 1 fully saturated rings. The summed E-state index contributed by atoms with van der Waals surface area (Å²) in [6, 6.07) is -0.0696. The maximum absolute atomic E-state index is 11.4. The van der Waals surface area contributed by atoms with Crippen LogP contribution in [-0.2, 0) is 14.6 Å². The van der Waals surface area contributed by atoms with Gasteiger partial charge in [0.15, 0.2) is 9.84 Å². The first-order valence-corrected chi connectivity index (χ1v) is 11.9. The molecule has 142 valence electrons. The molecular formula is C18H35NO3S2. The Morgan fingerprint density at radius 2 is 1.54 bits per heavy atom. The highest BCUT2D eigenvalue weighted by molar-refractivity contribution is 7.91. The summed E-state index contributed by atoms with van der Waals surface area (Å²) >= 11 is 5.12. The van der Waals surface area contributed by atoms with Gasteiger partial charge in [-0.25, -0.2) is 8.42 Å². The Labute approximate surface area is 154 Å². The predicted octanol–water partition coefficient (Wildman–Crippen LogP) is 4.38. The average molecular weight is 378 g/mol. The van der Waals surface area contributed by atoms with Crippen LogP contribution in [0.3, 0.4) is 0 Å². The Morgan fingerprint density at radius 3 is 2.04 bits per heavy atom. The fourth-order valence-corrected chi connectivity index (χ4v) is 4.97. The highest BCUT2D eigenvalue weighted by atomic mass is 32.2. The summed E-state index contributed by atoms with van der Waals surface area (Å²) in [5, 5.41) is 3.36. The van der Waals surface area contributed by atoms with Crippen LogP contribution in [0.15, 0.2) is 0 Å². The average Bonchev–Trinajstić information content (AvgIpc) is 2.87. The number of hydrogen-bond acceptors (Lipinski definition) is 4. The van der Waals surface area contributed by atoms with Gasteiger partial charge in [0.05, 0.1) is 18.1 Å². The summed E-state index contributed by atoms with van der Waals surface area (Å²) < 4.78 is 28.2. The van der Waals surface area contributed by atoms with Crippen molar-refractivity contribution in [1.29, 1.82) is 0 Å². The van der Waals surface area contributed by atoms with E-state index in [-0.39, 0.29) is 17.5 Å². The molecule has 1 rings (SSSR count). The van der Waals surface area contributed by atoms with Gasteiger partial charge < -0.3 is 10.1 Å². The van der Waals surface area contributed by atoms with Crippen molar-refractivity contribution >= 4 is 27.2 Å². The Bertz CT molecular complexity index is 438. The highest BCUT2D eigenvalue weighted by Crippen LogP contribution is 2.12. The van der Waals surface area contributed by atoms with E-state index in [1.165, 1.54) is 64.2 Å². The molecular weight excluding hydrogens is 342 g/mol. The molecule has 0 aromatic carbocycles. The van der Waals surface area contributed by atoms with Gasteiger partial charge in [-0.1, -0.05) is 71.1 Å². The van der Waals surface area contributed by atoms with Crippen molar-refractivity contribution in [3.63, 3.8) is 0 Å². The van der Waals surface area contributed by atoms with Crippen molar-refractivity contribution in [3.05, 3.63) is 0 Å². The molecule has 0 aromatic heterocycles. The standard InChI is InChI=1S/C18H35NO3S2/c1-2-3-4-5-6-7-8-9-10-11-12-14-22-18(23)19-17-13-15-24(20,21)16-17/h17H,2-16H2,1H3,(H,19,23). The molecule has 1 N–H and O–H groups in total. The molecule has 1 unspecified atom stereocenters. The van der Waals surface area contributed by atoms with Crippen molar-refractivity contribution in [3.8, 4) is 0 Å². The van der Waals surface area contributed by atoms with Gasteiger partial charge >= 0.3 is 0 Å². The Hall–Kier alpha value is -0.360. The second kappa shape index (κ2) is 12.9. The lowest BCUT2D eigenvalue weighted by molar-refractivity contribution is 0.283. The molecule has 0 spiro atoms. The first-order chi connectivity index (χ1) is 11.5. The van der Waals surface area contributed by atoms with Crippen molar-refractivity contribution in [2.75, 3.05) is 18.1 Å². The van der Waals surface area contributed by atoms with Gasteiger partial charge in [0, 0.05) is 6.04 Å². The van der Waals surface area contributed by atoms with E-state index >= 15 is 0 Å². The second-order valence-electron chi connectivity index (χ2n) is 6.92. The lowest BCUT2D eigenvalue weighted by Crippen LogP contribution is -2.35. The van der Waals surface area contributed by atoms with Gasteiger partial charge in [0.2, 0.25) is 0 Å². The molecule has 1 aliphatic heterocycles. The quantitative estimate of drug-likeness (QED) is 0.381. The minimum atomic E-state index is -2.87. The molecule has 0 bridgehead atoms. The molecule has 0 aliphatic carbocycles. The number of nitrogens with one attached hydrogen (secondary N) is 1. The minimum Gasteiger partial charge on any atom is -0.471 e. The zero-order valence-electron chi connectivity index (χ0n) is 15.2. The van der Waals surface area contributed by atoms with Crippen molar-refractivity contribution in [1.82, 2.24) is 5.32 Å². The summed E-state index contributed by atoms with van der Waals surface area (Å²) in [7, 11) is -2.87. The number of sulfone groups is 1. The molecule has 0 radical (unpaired) electrons. The maximum Gasteiger partial charge on any atom is 0.256 e. The third kappa shape index (κ3) is 11.2. The second-order valence-corrected chi connectivity index (χ2v) is 9.52. The normalized spacial score (nSPS) is 19.3. The Kier molecular flexibility index (Phi) is 11.7. The zero-order chi connectivity index (χ0) is 17.7. The molecule has 0 aromatic rings. The predicted molar refractivity (Wildman–Crippen MR) is 105 cm³/mol. The number of hydrogen-bond donors (Lipinski definition) is 1. The largest absolute Gasteiger partial charge is 0.471 e. The van der Waals surface area contributed by atoms with E-state index in [2.05, 4.69) is 12.2 Å². The van der Waals surface area contributed by atoms with Crippen LogP contribution >= 0.6 is 12.2 Å². The third-order valence-corrected chi connectivity index (χ3v) is 6.54. The molecule has 1 aliphatic rings. The smallest absolute Gasteiger partial charge is 0.256 e. The zero-order valence-corrected chi connectivity index (χ0v) is 16.9. The van der Waals surface area contributed by atoms with Crippen LogP contribution in [0.1, 0.15) is 84.0 Å². The summed E-state index contributed by atoms with van der Waals surface area (Å²) in [4.78, 5) is 0. The van der Waals surface area contributed by atoms with E-state index < -0.39 is 9.84 Å². The molecule has 1 heterocycles. The summed E-state index contributed by atoms with van der Waals surface area (Å²) in [5.41, 5.74) is 0. The Balaban J connectivity index is 1.84. The number of unbranched alkanes of at least 4 members (excludes halogenated alkanes) is 10. The number of rotatable bonds is 13. The first-order valence-electron chi connectivity index (χ1n) is 9.67. The third-order valence-electron chi connectivity index (χ3n) is 4.54. The molecule has 24 heavy (non-hydrogen) atoms. The van der Waals surface area contributed by atoms with Gasteiger partial charge in [-0.3, -0.25) is 0 Å². The van der Waals surface area contributed by atoms with E-state index in [1.54, 1.807) is 0 Å². The van der Waals surface area contributed by atoms with E-state index in [4.69, 9.17) is 17.0 Å². The van der Waals surface area contributed by atoms with Crippen molar-refractivity contribution in [2.45, 2.75) is 90.0 Å². The van der Waals surface area contributed by atoms with Crippen LogP contribution in [0.5, 0.6) is 0 Å². The van der Waals surface area contributed by atoms with Crippen LogP contribution in [0, 0.1) is 0 Å². The van der Waals surface area contributed by atoms with Gasteiger partial charge in [-0.15, -0.1) is 0 Å². The first kappa shape index (κ1) is 21.7. The molecule has 0 saturated carbocycles. The van der Waals surface area contributed by atoms with Crippen molar-refractivity contribution < 1.29 is 13.2 Å². The summed E-state index contributed by atoms with van der Waals surface area (Å²) in [6.45, 7) is 2.88. The maximum atomic E-state index is 11.4. The topological polar surface area (TPSA) is 55.4 Å². The van der Waals surface area contributed by atoms with Gasteiger partial charge in [-0.05, 0) is 25.1 Å². The van der Waals surface area contributed by atoms with Crippen LogP contribution in [0.25, 0.3) is 0 Å². The number of thiocarbonyl (C=S) groups is 1. The molecule has 1 saturated heterocycles. The summed E-state index contributed by atoms with van der Waals surface area (Å²) in [6.07, 6.45) is 15.0. The van der Waals surface area contributed by atoms with Gasteiger partial charge in [0.25, 0.3) is 5.17 Å². The van der Waals surface area contributed by atoms with Gasteiger partial charge in [-0.2, -0.15) is 0 Å². The lowest BCUT2D eigenvalue weighted by atomic mass is 10.1. The van der Waals surface area contributed by atoms with Crippen LogP contribution in [0.2, 0.25) is 0 Å². The monoisotopic (exact) mass is 377 g/mol. The molecule has 4 nitrogen and oxygen atoms in total. The number of ether oxygens (including phenoxy) is 1. The lowest BCUT2D eigenvalue weighted by Gasteiger charge is -2.13. The SMILES string of the molecule is CCCCCCCCCCCCCOC(=S)NC1CCS(=O)(=O)C1. The fraction of sp³-hybridized carbons (Fsp3) is 0.944. The minimum absolute atomic E-state index is 0.0696. The summed E-state index contributed by atoms with van der Waals surface area (Å²) in [5.74, 6) is 0.431. The van der Waals surface area contributed by atoms with E-state index in [9.17, 15) is 8.42 Å². The van der Waals surface area contributed by atoms with E-state index in [0.717, 1.165) is 6.42 Å². The van der Waals surface area contributed by atoms with Crippen LogP contribution in [-0.4, -0.2) is 37.7 Å². The molecule has 6 heteroatoms. The van der Waals surface area contributed by atoms with E-state index in [1.807, 2.05) is 0 Å². The van der Waals surface area contributed by atoms with Gasteiger partial charge in [0.1, 0.15) is 0 Å². The highest BCUT2D eigenvalue weighted by Gasteiger charge is 2.28. The van der Waals surface area contributed by atoms with Crippen LogP contribution < -0.4 is 5.32 Å².